The Kier molecular flexibility index (Phi) is 3.98. The number of nitrogen functional groups attached to an aromatic ring is 1. The molecule has 2 atom stereocenters. The Balaban J connectivity index is 2.52. The van der Waals surface area contributed by atoms with Crippen molar-refractivity contribution in [2.45, 2.75) is 43.9 Å². The molecule has 2 N–H and O–H groups in total. The second-order valence-corrected chi connectivity index (χ2v) is 7.67. The van der Waals surface area contributed by atoms with Crippen molar-refractivity contribution in [3.05, 3.63) is 5.28 Å². The molecule has 0 saturated carbocycles. The third-order valence-electron chi connectivity index (χ3n) is 3.17. The van der Waals surface area contributed by atoms with E-state index >= 15 is 0 Å². The van der Waals surface area contributed by atoms with Gasteiger partial charge in [-0.15, -0.1) is 11.8 Å². The van der Waals surface area contributed by atoms with Gasteiger partial charge in [0.1, 0.15) is 6.04 Å². The lowest BCUT2D eigenvalue weighted by Gasteiger charge is -2.29. The van der Waals surface area contributed by atoms with Crippen LogP contribution in [-0.2, 0) is 0 Å². The monoisotopic (exact) mass is 312 g/mol. The minimum Gasteiger partial charge on any atom is -0.368 e. The van der Waals surface area contributed by atoms with Gasteiger partial charge in [-0.1, -0.05) is 13.8 Å². The number of hydrogen-bond donors (Lipinski definition) is 1. The molecular formula is C12H17ClN6S. The normalized spacial score (nSPS) is 24.9. The maximum absolute atomic E-state index is 9.53. The molecule has 2 rings (SSSR count). The van der Waals surface area contributed by atoms with Crippen LogP contribution in [0.1, 0.15) is 27.7 Å². The molecule has 8 heteroatoms. The molecule has 1 saturated heterocycles. The van der Waals surface area contributed by atoms with Crippen LogP contribution in [0.4, 0.5) is 11.9 Å². The van der Waals surface area contributed by atoms with Crippen molar-refractivity contribution in [1.82, 2.24) is 15.0 Å². The molecule has 0 aliphatic carbocycles. The first-order valence-electron chi connectivity index (χ1n) is 6.29. The van der Waals surface area contributed by atoms with Crippen molar-refractivity contribution < 1.29 is 0 Å². The van der Waals surface area contributed by atoms with E-state index in [0.29, 0.717) is 11.9 Å². The molecule has 6 nitrogen and oxygen atoms in total. The lowest BCUT2D eigenvalue weighted by molar-refractivity contribution is 0.531. The number of rotatable bonds is 2. The standard InChI is InChI=1S/C12H17ClN6S/c1-6(2)8-19(7(5-14)12(3,4)20-8)11-17-9(13)16-10(15)18-11/h6-8H,1-4H3,(H2,15,16,17,18). The first-order chi connectivity index (χ1) is 9.26. The van der Waals surface area contributed by atoms with Crippen molar-refractivity contribution >= 4 is 35.3 Å². The molecule has 0 bridgehead atoms. The summed E-state index contributed by atoms with van der Waals surface area (Å²) in [5, 5.41) is 9.66. The van der Waals surface area contributed by atoms with E-state index in [1.807, 2.05) is 18.7 Å². The van der Waals surface area contributed by atoms with E-state index in [0.717, 1.165) is 0 Å². The molecule has 0 radical (unpaired) electrons. The number of aromatic nitrogens is 3. The van der Waals surface area contributed by atoms with Crippen LogP contribution >= 0.6 is 23.4 Å². The Morgan fingerprint density at radius 3 is 2.55 bits per heavy atom. The molecule has 2 heterocycles. The summed E-state index contributed by atoms with van der Waals surface area (Å²) < 4.78 is -0.225. The fourth-order valence-corrected chi connectivity index (χ4v) is 3.97. The van der Waals surface area contributed by atoms with E-state index in [4.69, 9.17) is 17.3 Å². The molecular weight excluding hydrogens is 296 g/mol. The number of anilines is 2. The number of nitriles is 1. The number of hydrogen-bond acceptors (Lipinski definition) is 7. The van der Waals surface area contributed by atoms with Crippen molar-refractivity contribution in [3.63, 3.8) is 0 Å². The molecule has 0 amide bonds. The average Bonchev–Trinajstić information content (AvgIpc) is 2.59. The predicted molar refractivity (Wildman–Crippen MR) is 81.4 cm³/mol. The van der Waals surface area contributed by atoms with Crippen LogP contribution < -0.4 is 10.6 Å². The van der Waals surface area contributed by atoms with Gasteiger partial charge in [-0.3, -0.25) is 0 Å². The summed E-state index contributed by atoms with van der Waals surface area (Å²) in [4.78, 5) is 14.0. The molecule has 20 heavy (non-hydrogen) atoms. The van der Waals surface area contributed by atoms with Crippen LogP contribution in [-0.4, -0.2) is 31.1 Å². The summed E-state index contributed by atoms with van der Waals surface area (Å²) in [6.07, 6.45) is 0. The van der Waals surface area contributed by atoms with Crippen LogP contribution in [0.5, 0.6) is 0 Å². The van der Waals surface area contributed by atoms with Gasteiger partial charge in [0, 0.05) is 4.75 Å². The fourth-order valence-electron chi connectivity index (χ4n) is 2.29. The highest BCUT2D eigenvalue weighted by Gasteiger charge is 2.49. The lowest BCUT2D eigenvalue weighted by atomic mass is 10.0. The van der Waals surface area contributed by atoms with Crippen molar-refractivity contribution in [2.24, 2.45) is 5.92 Å². The fraction of sp³-hybridized carbons (Fsp3) is 0.667. The maximum Gasteiger partial charge on any atom is 0.233 e. The third kappa shape index (κ3) is 2.63. The zero-order chi connectivity index (χ0) is 15.1. The minimum atomic E-state index is -0.349. The zero-order valence-electron chi connectivity index (χ0n) is 11.8. The first-order valence-corrected chi connectivity index (χ1v) is 7.55. The van der Waals surface area contributed by atoms with Gasteiger partial charge in [0.05, 0.1) is 11.4 Å². The second kappa shape index (κ2) is 5.26. The Hall–Kier alpha value is -1.26. The Morgan fingerprint density at radius 1 is 1.40 bits per heavy atom. The van der Waals surface area contributed by atoms with Crippen LogP contribution in [0, 0.1) is 17.2 Å². The zero-order valence-corrected chi connectivity index (χ0v) is 13.4. The molecule has 108 valence electrons. The van der Waals surface area contributed by atoms with Crippen LogP contribution in [0.25, 0.3) is 0 Å². The molecule has 0 spiro atoms. The highest BCUT2D eigenvalue weighted by atomic mass is 35.5. The highest BCUT2D eigenvalue weighted by Crippen LogP contribution is 2.47. The minimum absolute atomic E-state index is 0.0430. The molecule has 1 aliphatic heterocycles. The van der Waals surface area contributed by atoms with Gasteiger partial charge in [0.2, 0.25) is 17.2 Å². The third-order valence-corrected chi connectivity index (χ3v) is 5.19. The van der Waals surface area contributed by atoms with Gasteiger partial charge >= 0.3 is 0 Å². The van der Waals surface area contributed by atoms with E-state index in [-0.39, 0.29) is 27.4 Å². The van der Waals surface area contributed by atoms with Gasteiger partial charge in [-0.05, 0) is 31.4 Å². The summed E-state index contributed by atoms with van der Waals surface area (Å²) in [7, 11) is 0. The van der Waals surface area contributed by atoms with Crippen LogP contribution in [0.2, 0.25) is 5.28 Å². The Morgan fingerprint density at radius 2 is 2.05 bits per heavy atom. The quantitative estimate of drug-likeness (QED) is 0.895. The molecule has 1 aromatic heterocycles. The summed E-state index contributed by atoms with van der Waals surface area (Å²) in [6.45, 7) is 8.31. The van der Waals surface area contributed by atoms with E-state index in [1.165, 1.54) is 0 Å². The largest absolute Gasteiger partial charge is 0.368 e. The number of nitrogens with zero attached hydrogens (tertiary/aromatic N) is 5. The van der Waals surface area contributed by atoms with Crippen molar-refractivity contribution in [2.75, 3.05) is 10.6 Å². The topological polar surface area (TPSA) is 91.7 Å². The predicted octanol–water partition coefficient (Wildman–Crippen LogP) is 2.31. The van der Waals surface area contributed by atoms with Gasteiger partial charge in [0.25, 0.3) is 0 Å². The number of halogens is 1. The SMILES string of the molecule is CC(C)C1SC(C)(C)C(C#N)N1c1nc(N)nc(Cl)n1. The lowest BCUT2D eigenvalue weighted by Crippen LogP contribution is -2.43. The Labute approximate surface area is 127 Å². The maximum atomic E-state index is 9.53. The van der Waals surface area contributed by atoms with Gasteiger partial charge in [-0.2, -0.15) is 20.2 Å². The van der Waals surface area contributed by atoms with Gasteiger partial charge < -0.3 is 10.6 Å². The van der Waals surface area contributed by atoms with Crippen molar-refractivity contribution in [3.8, 4) is 6.07 Å². The van der Waals surface area contributed by atoms with Crippen LogP contribution in [0.15, 0.2) is 0 Å². The van der Waals surface area contributed by atoms with E-state index < -0.39 is 0 Å². The summed E-state index contributed by atoms with van der Waals surface area (Å²) >= 11 is 7.60. The highest BCUT2D eigenvalue weighted by molar-refractivity contribution is 8.01. The van der Waals surface area contributed by atoms with Crippen molar-refractivity contribution in [1.29, 1.82) is 5.26 Å². The molecule has 1 aliphatic rings. The summed E-state index contributed by atoms with van der Waals surface area (Å²) in [5.41, 5.74) is 5.64. The molecule has 2 unspecified atom stereocenters. The molecule has 0 aromatic carbocycles. The summed E-state index contributed by atoms with van der Waals surface area (Å²) in [6, 6.07) is 2.00. The summed E-state index contributed by atoms with van der Waals surface area (Å²) in [5.74, 6) is 0.758. The average molecular weight is 313 g/mol. The van der Waals surface area contributed by atoms with Gasteiger partial charge in [-0.25, -0.2) is 0 Å². The van der Waals surface area contributed by atoms with E-state index in [2.05, 4.69) is 34.9 Å². The smallest absolute Gasteiger partial charge is 0.233 e. The van der Waals surface area contributed by atoms with E-state index in [1.54, 1.807) is 11.8 Å². The second-order valence-electron chi connectivity index (χ2n) is 5.56. The first kappa shape index (κ1) is 15.1. The number of nitrogens with two attached hydrogens (primary N) is 1. The van der Waals surface area contributed by atoms with Gasteiger partial charge in [0.15, 0.2) is 0 Å². The van der Waals surface area contributed by atoms with E-state index in [9.17, 15) is 5.26 Å². The Bertz CT molecular complexity index is 535. The molecule has 1 fully saturated rings. The molecule has 1 aromatic rings. The van der Waals surface area contributed by atoms with Crippen LogP contribution in [0.3, 0.4) is 0 Å². The number of thioether (sulfide) groups is 1.